The zero-order chi connectivity index (χ0) is 12.3. The van der Waals surface area contributed by atoms with E-state index in [2.05, 4.69) is 28.2 Å². The Morgan fingerprint density at radius 3 is 2.94 bits per heavy atom. The van der Waals surface area contributed by atoms with E-state index in [4.69, 9.17) is 0 Å². The standard InChI is InChI=1S/C13H18BrNOS/c1-2-11-5-6-12(17-11)13(16)15-8-9-3-4-10(14)7-9/h5-6,9-10H,2-4,7-8H2,1H3,(H,15,16). The number of nitrogens with one attached hydrogen (secondary N) is 1. The highest BCUT2D eigenvalue weighted by molar-refractivity contribution is 9.09. The Labute approximate surface area is 115 Å². The molecule has 94 valence electrons. The average Bonchev–Trinajstić information content (AvgIpc) is 2.94. The minimum Gasteiger partial charge on any atom is -0.351 e. The number of hydrogen-bond donors (Lipinski definition) is 1. The fourth-order valence-electron chi connectivity index (χ4n) is 2.21. The fourth-order valence-corrected chi connectivity index (χ4v) is 3.87. The minimum atomic E-state index is 0.0905. The lowest BCUT2D eigenvalue weighted by atomic mass is 10.1. The van der Waals surface area contributed by atoms with Gasteiger partial charge in [-0.1, -0.05) is 22.9 Å². The predicted octanol–water partition coefficient (Wildman–Crippen LogP) is 3.60. The van der Waals surface area contributed by atoms with Crippen LogP contribution < -0.4 is 5.32 Å². The van der Waals surface area contributed by atoms with Gasteiger partial charge >= 0.3 is 0 Å². The van der Waals surface area contributed by atoms with E-state index in [9.17, 15) is 4.79 Å². The van der Waals surface area contributed by atoms with Gasteiger partial charge in [0.15, 0.2) is 0 Å². The molecule has 1 N–H and O–H groups in total. The van der Waals surface area contributed by atoms with Crippen molar-refractivity contribution in [2.45, 2.75) is 37.4 Å². The first kappa shape index (κ1) is 13.1. The maximum Gasteiger partial charge on any atom is 0.261 e. The number of carbonyl (C=O) groups excluding carboxylic acids is 1. The van der Waals surface area contributed by atoms with E-state index in [0.717, 1.165) is 17.8 Å². The Balaban J connectivity index is 1.81. The van der Waals surface area contributed by atoms with Gasteiger partial charge in [0.25, 0.3) is 5.91 Å². The van der Waals surface area contributed by atoms with Crippen LogP contribution in [0.15, 0.2) is 12.1 Å². The second-order valence-electron chi connectivity index (χ2n) is 4.61. The highest BCUT2D eigenvalue weighted by Gasteiger charge is 2.23. The smallest absolute Gasteiger partial charge is 0.261 e. The van der Waals surface area contributed by atoms with Gasteiger partial charge in [-0.3, -0.25) is 4.79 Å². The lowest BCUT2D eigenvalue weighted by Crippen LogP contribution is -2.27. The number of amides is 1. The quantitative estimate of drug-likeness (QED) is 0.845. The molecular weight excluding hydrogens is 298 g/mol. The Hall–Kier alpha value is -0.350. The number of thiophene rings is 1. The van der Waals surface area contributed by atoms with Gasteiger partial charge in [0.05, 0.1) is 4.88 Å². The van der Waals surface area contributed by atoms with Crippen LogP contribution in [0.1, 0.15) is 40.7 Å². The summed E-state index contributed by atoms with van der Waals surface area (Å²) in [5.74, 6) is 0.738. The molecular formula is C13H18BrNOS. The normalized spacial score (nSPS) is 23.9. The SMILES string of the molecule is CCc1ccc(C(=O)NCC2CCC(Br)C2)s1. The van der Waals surface area contributed by atoms with Crippen LogP contribution >= 0.6 is 27.3 Å². The zero-order valence-electron chi connectivity index (χ0n) is 10.0. The number of aryl methyl sites for hydroxylation is 1. The molecule has 0 aromatic carbocycles. The van der Waals surface area contributed by atoms with E-state index >= 15 is 0 Å². The monoisotopic (exact) mass is 315 g/mol. The molecule has 0 radical (unpaired) electrons. The first-order valence-corrected chi connectivity index (χ1v) is 7.93. The van der Waals surface area contributed by atoms with Crippen LogP contribution in [0.2, 0.25) is 0 Å². The molecule has 0 aliphatic heterocycles. The maximum absolute atomic E-state index is 11.9. The van der Waals surface area contributed by atoms with Crippen LogP contribution in [0, 0.1) is 5.92 Å². The van der Waals surface area contributed by atoms with Crippen molar-refractivity contribution in [2.24, 2.45) is 5.92 Å². The van der Waals surface area contributed by atoms with Gasteiger partial charge in [-0.15, -0.1) is 11.3 Å². The molecule has 1 aliphatic rings. The number of carbonyl (C=O) groups is 1. The first-order chi connectivity index (χ1) is 8.19. The molecule has 1 saturated carbocycles. The summed E-state index contributed by atoms with van der Waals surface area (Å²) in [5.41, 5.74) is 0. The first-order valence-electron chi connectivity index (χ1n) is 6.20. The lowest BCUT2D eigenvalue weighted by Gasteiger charge is -2.09. The second-order valence-corrected chi connectivity index (χ2v) is 7.07. The van der Waals surface area contributed by atoms with Crippen LogP contribution in [-0.2, 0) is 6.42 Å². The van der Waals surface area contributed by atoms with Crippen molar-refractivity contribution in [3.8, 4) is 0 Å². The van der Waals surface area contributed by atoms with Crippen molar-refractivity contribution in [2.75, 3.05) is 6.54 Å². The highest BCUT2D eigenvalue weighted by atomic mass is 79.9. The second kappa shape index (κ2) is 6.01. The average molecular weight is 316 g/mol. The largest absolute Gasteiger partial charge is 0.351 e. The minimum absolute atomic E-state index is 0.0905. The van der Waals surface area contributed by atoms with Crippen LogP contribution in [0.5, 0.6) is 0 Å². The Morgan fingerprint density at radius 2 is 2.35 bits per heavy atom. The van der Waals surface area contributed by atoms with E-state index < -0.39 is 0 Å². The maximum atomic E-state index is 11.9. The predicted molar refractivity (Wildman–Crippen MR) is 76.1 cm³/mol. The summed E-state index contributed by atoms with van der Waals surface area (Å²) in [5, 5.41) is 3.05. The van der Waals surface area contributed by atoms with E-state index in [1.54, 1.807) is 11.3 Å². The lowest BCUT2D eigenvalue weighted by molar-refractivity contribution is 0.0951. The number of hydrogen-bond acceptors (Lipinski definition) is 2. The molecule has 2 atom stereocenters. The molecule has 1 aliphatic carbocycles. The van der Waals surface area contributed by atoms with Gasteiger partial charge in [0, 0.05) is 16.2 Å². The van der Waals surface area contributed by atoms with Crippen LogP contribution in [-0.4, -0.2) is 17.3 Å². The number of halogens is 1. The molecule has 17 heavy (non-hydrogen) atoms. The van der Waals surface area contributed by atoms with Crippen molar-refractivity contribution in [3.05, 3.63) is 21.9 Å². The fraction of sp³-hybridized carbons (Fsp3) is 0.615. The molecule has 1 aromatic rings. The van der Waals surface area contributed by atoms with E-state index in [0.29, 0.717) is 10.7 Å². The van der Waals surface area contributed by atoms with Crippen LogP contribution in [0.3, 0.4) is 0 Å². The molecule has 1 heterocycles. The molecule has 1 aromatic heterocycles. The topological polar surface area (TPSA) is 29.1 Å². The number of rotatable bonds is 4. The van der Waals surface area contributed by atoms with Crippen LogP contribution in [0.25, 0.3) is 0 Å². The third-order valence-corrected chi connectivity index (χ3v) is 5.32. The molecule has 2 rings (SSSR count). The van der Waals surface area contributed by atoms with Crippen molar-refractivity contribution >= 4 is 33.2 Å². The highest BCUT2D eigenvalue weighted by Crippen LogP contribution is 2.30. The van der Waals surface area contributed by atoms with Gasteiger partial charge in [0.1, 0.15) is 0 Å². The van der Waals surface area contributed by atoms with Gasteiger partial charge < -0.3 is 5.32 Å². The van der Waals surface area contributed by atoms with Crippen molar-refractivity contribution in [1.82, 2.24) is 5.32 Å². The summed E-state index contributed by atoms with van der Waals surface area (Å²) in [6.07, 6.45) is 4.65. The Bertz CT molecular complexity index is 391. The van der Waals surface area contributed by atoms with Crippen molar-refractivity contribution in [3.63, 3.8) is 0 Å². The molecule has 0 bridgehead atoms. The summed E-state index contributed by atoms with van der Waals surface area (Å²) >= 11 is 5.24. The van der Waals surface area contributed by atoms with Crippen molar-refractivity contribution in [1.29, 1.82) is 0 Å². The molecule has 0 saturated heterocycles. The Kier molecular flexibility index (Phi) is 4.62. The number of alkyl halides is 1. The van der Waals surface area contributed by atoms with Gasteiger partial charge in [-0.05, 0) is 43.7 Å². The summed E-state index contributed by atoms with van der Waals surface area (Å²) in [7, 11) is 0. The zero-order valence-corrected chi connectivity index (χ0v) is 12.4. The molecule has 0 spiro atoms. The van der Waals surface area contributed by atoms with E-state index in [1.165, 1.54) is 24.1 Å². The molecule has 1 amide bonds. The summed E-state index contributed by atoms with van der Waals surface area (Å²) < 4.78 is 0. The third-order valence-electron chi connectivity index (χ3n) is 3.26. The summed E-state index contributed by atoms with van der Waals surface area (Å²) in [6, 6.07) is 3.98. The van der Waals surface area contributed by atoms with E-state index in [-0.39, 0.29) is 5.91 Å². The van der Waals surface area contributed by atoms with Crippen molar-refractivity contribution < 1.29 is 4.79 Å². The molecule has 1 fully saturated rings. The molecule has 2 nitrogen and oxygen atoms in total. The van der Waals surface area contributed by atoms with Crippen LogP contribution in [0.4, 0.5) is 0 Å². The van der Waals surface area contributed by atoms with E-state index in [1.807, 2.05) is 12.1 Å². The van der Waals surface area contributed by atoms with Gasteiger partial charge in [0.2, 0.25) is 0 Å². The van der Waals surface area contributed by atoms with Gasteiger partial charge in [-0.2, -0.15) is 0 Å². The summed E-state index contributed by atoms with van der Waals surface area (Å²) in [4.78, 5) is 14.7. The third kappa shape index (κ3) is 3.55. The molecule has 4 heteroatoms. The molecule has 2 unspecified atom stereocenters. The summed E-state index contributed by atoms with van der Waals surface area (Å²) in [6.45, 7) is 2.93. The Morgan fingerprint density at radius 1 is 1.53 bits per heavy atom. The van der Waals surface area contributed by atoms with Gasteiger partial charge in [-0.25, -0.2) is 0 Å².